The van der Waals surface area contributed by atoms with Crippen molar-refractivity contribution in [1.82, 2.24) is 29.7 Å². The van der Waals surface area contributed by atoms with E-state index in [1.165, 1.54) is 36.1 Å². The van der Waals surface area contributed by atoms with E-state index in [0.717, 1.165) is 43.1 Å². The fourth-order valence-electron chi connectivity index (χ4n) is 4.90. The van der Waals surface area contributed by atoms with Crippen LogP contribution in [0.1, 0.15) is 47.5 Å². The van der Waals surface area contributed by atoms with Crippen molar-refractivity contribution < 1.29 is 0 Å². The van der Waals surface area contributed by atoms with Crippen molar-refractivity contribution in [3.63, 3.8) is 0 Å². The summed E-state index contributed by atoms with van der Waals surface area (Å²) < 4.78 is 1.96. The Hall–Kier alpha value is -2.21. The molecule has 1 fully saturated rings. The van der Waals surface area contributed by atoms with Crippen molar-refractivity contribution in [1.29, 1.82) is 0 Å². The lowest BCUT2D eigenvalue weighted by molar-refractivity contribution is 0.136. The number of rotatable bonds is 2. The summed E-state index contributed by atoms with van der Waals surface area (Å²) in [6, 6.07) is 2.08. The maximum Gasteiger partial charge on any atom is 0.159 e. The molecule has 3 aromatic heterocycles. The maximum atomic E-state index is 4.74. The van der Waals surface area contributed by atoms with Crippen molar-refractivity contribution >= 4 is 5.65 Å². The average molecular weight is 336 g/mol. The second-order valence-electron chi connectivity index (χ2n) is 7.81. The fourth-order valence-corrected chi connectivity index (χ4v) is 4.90. The van der Waals surface area contributed by atoms with Gasteiger partial charge in [0.1, 0.15) is 0 Å². The molecule has 1 atom stereocenters. The predicted octanol–water partition coefficient (Wildman–Crippen LogP) is 2.55. The molecule has 25 heavy (non-hydrogen) atoms. The Labute approximate surface area is 147 Å². The largest absolute Gasteiger partial charge is 0.298 e. The minimum atomic E-state index is 0.270. The third kappa shape index (κ3) is 2.31. The highest BCUT2D eigenvalue weighted by Gasteiger charge is 2.43. The first-order valence-corrected chi connectivity index (χ1v) is 9.21. The number of hydrogen-bond donors (Lipinski definition) is 1. The van der Waals surface area contributed by atoms with Gasteiger partial charge in [0.2, 0.25) is 0 Å². The number of fused-ring (bicyclic) bond motifs is 3. The summed E-state index contributed by atoms with van der Waals surface area (Å²) in [4.78, 5) is 7.32. The summed E-state index contributed by atoms with van der Waals surface area (Å²) in [5.74, 6) is 0. The molecule has 4 heterocycles. The first kappa shape index (κ1) is 15.1. The molecule has 1 N–H and O–H groups in total. The van der Waals surface area contributed by atoms with E-state index in [9.17, 15) is 0 Å². The van der Waals surface area contributed by atoms with E-state index >= 15 is 0 Å². The van der Waals surface area contributed by atoms with Crippen molar-refractivity contribution in [3.05, 3.63) is 46.7 Å². The average Bonchev–Trinajstić information content (AvgIpc) is 3.27. The zero-order chi connectivity index (χ0) is 17.0. The van der Waals surface area contributed by atoms with E-state index in [1.807, 2.05) is 16.9 Å². The van der Waals surface area contributed by atoms with Gasteiger partial charge in [0.15, 0.2) is 5.65 Å². The van der Waals surface area contributed by atoms with Crippen molar-refractivity contribution in [2.75, 3.05) is 13.1 Å². The van der Waals surface area contributed by atoms with Gasteiger partial charge >= 0.3 is 0 Å². The van der Waals surface area contributed by atoms with Crippen LogP contribution in [0.15, 0.2) is 18.5 Å². The molecule has 6 nitrogen and oxygen atoms in total. The third-order valence-electron chi connectivity index (χ3n) is 6.02. The molecule has 3 aromatic rings. The van der Waals surface area contributed by atoms with Gasteiger partial charge in [-0.1, -0.05) is 0 Å². The third-order valence-corrected chi connectivity index (χ3v) is 6.02. The first-order chi connectivity index (χ1) is 12.1. The molecule has 5 rings (SSSR count). The topological polar surface area (TPSA) is 62.1 Å². The molecular weight excluding hydrogens is 312 g/mol. The second-order valence-corrected chi connectivity index (χ2v) is 7.81. The monoisotopic (exact) mass is 336 g/mol. The molecule has 1 unspecified atom stereocenters. The lowest BCUT2D eigenvalue weighted by Gasteiger charge is -2.40. The fraction of sp³-hybridized carbons (Fsp3) is 0.526. The highest BCUT2D eigenvalue weighted by atomic mass is 15.3. The standard InChI is InChI=1S/C19H24N6/c1-13-8-14(2)25-18(22-13)16(10-21-25)11-24-7-3-5-19(12-24)6-4-15-9-20-23-17(15)19/h8-10H,3-7,11-12H2,1-2H3,(H,20,23). The highest BCUT2D eigenvalue weighted by Crippen LogP contribution is 2.44. The van der Waals surface area contributed by atoms with Gasteiger partial charge in [-0.3, -0.25) is 10.00 Å². The van der Waals surface area contributed by atoms with Gasteiger partial charge in [-0.15, -0.1) is 0 Å². The highest BCUT2D eigenvalue weighted by molar-refractivity contribution is 5.48. The van der Waals surface area contributed by atoms with E-state index in [2.05, 4.69) is 40.1 Å². The van der Waals surface area contributed by atoms with Crippen LogP contribution in [-0.2, 0) is 18.4 Å². The number of aryl methyl sites for hydroxylation is 3. The van der Waals surface area contributed by atoms with Crippen molar-refractivity contribution in [3.8, 4) is 0 Å². The maximum absolute atomic E-state index is 4.74. The van der Waals surface area contributed by atoms with Gasteiger partial charge in [0, 0.05) is 41.1 Å². The van der Waals surface area contributed by atoms with Crippen LogP contribution in [0.2, 0.25) is 0 Å². The lowest BCUT2D eigenvalue weighted by atomic mass is 9.77. The molecule has 2 aliphatic rings. The van der Waals surface area contributed by atoms with E-state index in [0.29, 0.717) is 0 Å². The molecule has 0 saturated carbocycles. The van der Waals surface area contributed by atoms with E-state index in [1.54, 1.807) is 0 Å². The summed E-state index contributed by atoms with van der Waals surface area (Å²) in [6.07, 6.45) is 8.93. The van der Waals surface area contributed by atoms with Crippen LogP contribution in [0, 0.1) is 13.8 Å². The number of aromatic amines is 1. The van der Waals surface area contributed by atoms with Crippen LogP contribution in [0.25, 0.3) is 5.65 Å². The normalized spacial score (nSPS) is 23.6. The quantitative estimate of drug-likeness (QED) is 0.781. The van der Waals surface area contributed by atoms with Crippen LogP contribution < -0.4 is 0 Å². The van der Waals surface area contributed by atoms with Gasteiger partial charge in [-0.25, -0.2) is 9.50 Å². The smallest absolute Gasteiger partial charge is 0.159 e. The van der Waals surface area contributed by atoms with Gasteiger partial charge < -0.3 is 0 Å². The molecule has 1 aliphatic heterocycles. The molecule has 1 aliphatic carbocycles. The Morgan fingerprint density at radius 2 is 2.16 bits per heavy atom. The molecule has 0 aromatic carbocycles. The van der Waals surface area contributed by atoms with Crippen molar-refractivity contribution in [2.45, 2.75) is 51.5 Å². The van der Waals surface area contributed by atoms with E-state index in [4.69, 9.17) is 4.98 Å². The number of H-pyrrole nitrogens is 1. The molecule has 130 valence electrons. The van der Waals surface area contributed by atoms with Crippen LogP contribution in [0.4, 0.5) is 0 Å². The number of nitrogens with zero attached hydrogens (tertiary/aromatic N) is 5. The molecule has 0 radical (unpaired) electrons. The zero-order valence-electron chi connectivity index (χ0n) is 14.9. The van der Waals surface area contributed by atoms with Crippen LogP contribution in [-0.4, -0.2) is 42.8 Å². The first-order valence-electron chi connectivity index (χ1n) is 9.21. The molecule has 6 heteroatoms. The SMILES string of the molecule is Cc1cc(C)n2ncc(CN3CCCC4(CCc5cn[nH]c54)C3)c2n1. The Kier molecular flexibility index (Phi) is 3.25. The summed E-state index contributed by atoms with van der Waals surface area (Å²) in [5, 5.41) is 12.1. The zero-order valence-corrected chi connectivity index (χ0v) is 14.9. The van der Waals surface area contributed by atoms with Crippen molar-refractivity contribution in [2.24, 2.45) is 0 Å². The molecule has 1 spiro atoms. The van der Waals surface area contributed by atoms with E-state index in [-0.39, 0.29) is 5.41 Å². The van der Waals surface area contributed by atoms with E-state index < -0.39 is 0 Å². The Morgan fingerprint density at radius 3 is 3.08 bits per heavy atom. The molecule has 1 saturated heterocycles. The van der Waals surface area contributed by atoms with Crippen LogP contribution in [0.3, 0.4) is 0 Å². The minimum absolute atomic E-state index is 0.270. The molecule has 0 amide bonds. The number of likely N-dealkylation sites (tertiary alicyclic amines) is 1. The molecular formula is C19H24N6. The Bertz CT molecular complexity index is 939. The number of hydrogen-bond acceptors (Lipinski definition) is 4. The van der Waals surface area contributed by atoms with Crippen LogP contribution in [0.5, 0.6) is 0 Å². The molecule has 0 bridgehead atoms. The number of aromatic nitrogens is 5. The summed E-state index contributed by atoms with van der Waals surface area (Å²) in [6.45, 7) is 7.31. The lowest BCUT2D eigenvalue weighted by Crippen LogP contribution is -2.44. The summed E-state index contributed by atoms with van der Waals surface area (Å²) in [7, 11) is 0. The minimum Gasteiger partial charge on any atom is -0.298 e. The second kappa shape index (κ2) is 5.39. The Morgan fingerprint density at radius 1 is 1.24 bits per heavy atom. The van der Waals surface area contributed by atoms with Gasteiger partial charge in [0.05, 0.1) is 12.4 Å². The van der Waals surface area contributed by atoms with Gasteiger partial charge in [0.25, 0.3) is 0 Å². The number of nitrogens with one attached hydrogen (secondary N) is 1. The van der Waals surface area contributed by atoms with Crippen LogP contribution >= 0.6 is 0 Å². The number of piperidine rings is 1. The summed E-state index contributed by atoms with van der Waals surface area (Å²) >= 11 is 0. The predicted molar refractivity (Wildman–Crippen MR) is 95.6 cm³/mol. The van der Waals surface area contributed by atoms with Gasteiger partial charge in [-0.05, 0) is 57.7 Å². The Balaban J connectivity index is 1.44. The summed E-state index contributed by atoms with van der Waals surface area (Å²) in [5.41, 5.74) is 7.51. The van der Waals surface area contributed by atoms with Gasteiger partial charge in [-0.2, -0.15) is 10.2 Å².